The van der Waals surface area contributed by atoms with Gasteiger partial charge in [-0.05, 0) is 33.3 Å². The van der Waals surface area contributed by atoms with Gasteiger partial charge in [0, 0.05) is 16.6 Å². The number of hydrogen-bond acceptors (Lipinski definition) is 5. The van der Waals surface area contributed by atoms with Gasteiger partial charge in [-0.3, -0.25) is 4.79 Å². The standard InChI is InChI=1S/C12H20N4OS/c1-7-5-8(2)16-11(15-7)18-9(3)6-12(4,14)10(13)17/h5,9H,6,14H2,1-4H3,(H2,13,17). The molecular formula is C12H20N4OS. The van der Waals surface area contributed by atoms with Crippen molar-refractivity contribution in [3.05, 3.63) is 17.5 Å². The van der Waals surface area contributed by atoms with Crippen LogP contribution < -0.4 is 11.5 Å². The first-order valence-electron chi connectivity index (χ1n) is 5.78. The Labute approximate surface area is 112 Å². The lowest BCUT2D eigenvalue weighted by Gasteiger charge is -2.23. The number of amides is 1. The highest BCUT2D eigenvalue weighted by atomic mass is 32.2. The molecule has 1 amide bonds. The van der Waals surface area contributed by atoms with Crippen molar-refractivity contribution < 1.29 is 4.79 Å². The van der Waals surface area contributed by atoms with E-state index in [1.807, 2.05) is 26.8 Å². The molecule has 0 radical (unpaired) electrons. The molecule has 0 aliphatic carbocycles. The average Bonchev–Trinajstić information content (AvgIpc) is 2.13. The number of nitrogens with zero attached hydrogens (tertiary/aromatic N) is 2. The molecule has 0 saturated carbocycles. The molecule has 0 aromatic carbocycles. The molecule has 6 heteroatoms. The average molecular weight is 268 g/mol. The van der Waals surface area contributed by atoms with Gasteiger partial charge in [0.15, 0.2) is 5.16 Å². The van der Waals surface area contributed by atoms with Gasteiger partial charge < -0.3 is 11.5 Å². The lowest BCUT2D eigenvalue weighted by molar-refractivity contribution is -0.122. The molecule has 1 rings (SSSR count). The molecule has 0 spiro atoms. The number of aryl methyl sites for hydroxylation is 2. The minimum Gasteiger partial charge on any atom is -0.368 e. The van der Waals surface area contributed by atoms with E-state index < -0.39 is 11.4 Å². The molecule has 18 heavy (non-hydrogen) atoms. The monoisotopic (exact) mass is 268 g/mol. The Kier molecular flexibility index (Phi) is 4.70. The zero-order valence-electron chi connectivity index (χ0n) is 11.2. The normalized spacial score (nSPS) is 16.1. The Morgan fingerprint density at radius 3 is 2.39 bits per heavy atom. The third kappa shape index (κ3) is 4.27. The van der Waals surface area contributed by atoms with Gasteiger partial charge in [0.25, 0.3) is 0 Å². The number of hydrogen-bond donors (Lipinski definition) is 2. The molecule has 1 aromatic heterocycles. The molecule has 0 aliphatic rings. The second-order valence-electron chi connectivity index (χ2n) is 4.85. The molecule has 100 valence electrons. The van der Waals surface area contributed by atoms with Crippen LogP contribution >= 0.6 is 11.8 Å². The Morgan fingerprint density at radius 2 is 1.94 bits per heavy atom. The molecular weight excluding hydrogens is 248 g/mol. The van der Waals surface area contributed by atoms with Gasteiger partial charge in [-0.1, -0.05) is 18.7 Å². The highest BCUT2D eigenvalue weighted by Crippen LogP contribution is 2.25. The lowest BCUT2D eigenvalue weighted by atomic mass is 9.97. The number of primary amides is 1. The van der Waals surface area contributed by atoms with Gasteiger partial charge in [-0.25, -0.2) is 9.97 Å². The zero-order valence-corrected chi connectivity index (χ0v) is 12.0. The minimum atomic E-state index is -0.995. The Hall–Kier alpha value is -1.14. The molecule has 0 bridgehead atoms. The van der Waals surface area contributed by atoms with E-state index in [2.05, 4.69) is 9.97 Å². The van der Waals surface area contributed by atoms with E-state index in [1.54, 1.807) is 6.92 Å². The number of carbonyl (C=O) groups is 1. The number of thioether (sulfide) groups is 1. The summed E-state index contributed by atoms with van der Waals surface area (Å²) < 4.78 is 0. The van der Waals surface area contributed by atoms with Crippen molar-refractivity contribution in [3.63, 3.8) is 0 Å². The van der Waals surface area contributed by atoms with Crippen molar-refractivity contribution in [2.75, 3.05) is 0 Å². The van der Waals surface area contributed by atoms with Gasteiger partial charge in [-0.2, -0.15) is 0 Å². The van der Waals surface area contributed by atoms with Crippen molar-refractivity contribution >= 4 is 17.7 Å². The molecule has 0 aliphatic heterocycles. The molecule has 5 nitrogen and oxygen atoms in total. The summed E-state index contributed by atoms with van der Waals surface area (Å²) in [7, 11) is 0. The van der Waals surface area contributed by atoms with E-state index in [0.29, 0.717) is 11.6 Å². The van der Waals surface area contributed by atoms with Crippen LogP contribution in [0.25, 0.3) is 0 Å². The Bertz CT molecular complexity index is 427. The molecule has 0 fully saturated rings. The van der Waals surface area contributed by atoms with Gasteiger partial charge in [0.05, 0.1) is 5.54 Å². The summed E-state index contributed by atoms with van der Waals surface area (Å²) in [4.78, 5) is 19.9. The van der Waals surface area contributed by atoms with E-state index in [4.69, 9.17) is 11.5 Å². The van der Waals surface area contributed by atoms with Gasteiger partial charge >= 0.3 is 0 Å². The summed E-state index contributed by atoms with van der Waals surface area (Å²) in [5.74, 6) is -0.490. The van der Waals surface area contributed by atoms with Crippen molar-refractivity contribution in [1.29, 1.82) is 0 Å². The molecule has 4 N–H and O–H groups in total. The maximum atomic E-state index is 11.2. The third-order valence-corrected chi connectivity index (χ3v) is 3.51. The second kappa shape index (κ2) is 5.67. The second-order valence-corrected chi connectivity index (χ2v) is 6.25. The number of carbonyl (C=O) groups excluding carboxylic acids is 1. The predicted octanol–water partition coefficient (Wildman–Crippen LogP) is 1.17. The Morgan fingerprint density at radius 1 is 1.44 bits per heavy atom. The van der Waals surface area contributed by atoms with E-state index in [0.717, 1.165) is 11.4 Å². The van der Waals surface area contributed by atoms with Crippen LogP contribution in [0.5, 0.6) is 0 Å². The van der Waals surface area contributed by atoms with Gasteiger partial charge in [0.1, 0.15) is 0 Å². The van der Waals surface area contributed by atoms with E-state index >= 15 is 0 Å². The summed E-state index contributed by atoms with van der Waals surface area (Å²) >= 11 is 1.51. The largest absolute Gasteiger partial charge is 0.368 e. The van der Waals surface area contributed by atoms with Crippen molar-refractivity contribution in [1.82, 2.24) is 9.97 Å². The third-order valence-electron chi connectivity index (χ3n) is 2.54. The maximum Gasteiger partial charge on any atom is 0.237 e. The summed E-state index contributed by atoms with van der Waals surface area (Å²) in [5, 5.41) is 0.828. The summed E-state index contributed by atoms with van der Waals surface area (Å²) in [5.41, 5.74) is 12.0. The van der Waals surface area contributed by atoms with Crippen molar-refractivity contribution in [2.45, 2.75) is 50.1 Å². The smallest absolute Gasteiger partial charge is 0.237 e. The van der Waals surface area contributed by atoms with Crippen LogP contribution in [0.15, 0.2) is 11.2 Å². The molecule has 2 unspecified atom stereocenters. The summed E-state index contributed by atoms with van der Waals surface area (Å²) in [6.07, 6.45) is 0.489. The first-order chi connectivity index (χ1) is 8.20. The Balaban J connectivity index is 2.70. The van der Waals surface area contributed by atoms with E-state index in [9.17, 15) is 4.79 Å². The van der Waals surface area contributed by atoms with Crippen LogP contribution in [0, 0.1) is 13.8 Å². The quantitative estimate of drug-likeness (QED) is 0.617. The van der Waals surface area contributed by atoms with Crippen LogP contribution in [-0.4, -0.2) is 26.7 Å². The summed E-state index contributed by atoms with van der Waals surface area (Å²) in [6, 6.07) is 1.92. The van der Waals surface area contributed by atoms with Crippen LogP contribution in [0.1, 0.15) is 31.7 Å². The van der Waals surface area contributed by atoms with Crippen LogP contribution in [0.4, 0.5) is 0 Å². The topological polar surface area (TPSA) is 94.9 Å². The molecule has 0 saturated heterocycles. The van der Waals surface area contributed by atoms with Crippen LogP contribution in [-0.2, 0) is 4.79 Å². The van der Waals surface area contributed by atoms with E-state index in [1.165, 1.54) is 11.8 Å². The van der Waals surface area contributed by atoms with Crippen molar-refractivity contribution in [2.24, 2.45) is 11.5 Å². The fraction of sp³-hybridized carbons (Fsp3) is 0.583. The number of nitrogens with two attached hydrogens (primary N) is 2. The number of rotatable bonds is 5. The highest BCUT2D eigenvalue weighted by molar-refractivity contribution is 7.99. The lowest BCUT2D eigenvalue weighted by Crippen LogP contribution is -2.50. The molecule has 1 heterocycles. The van der Waals surface area contributed by atoms with Crippen LogP contribution in [0.3, 0.4) is 0 Å². The van der Waals surface area contributed by atoms with Crippen LogP contribution in [0.2, 0.25) is 0 Å². The number of aromatic nitrogens is 2. The highest BCUT2D eigenvalue weighted by Gasteiger charge is 2.28. The van der Waals surface area contributed by atoms with E-state index in [-0.39, 0.29) is 5.25 Å². The van der Waals surface area contributed by atoms with Gasteiger partial charge in [0.2, 0.25) is 5.91 Å². The zero-order chi connectivity index (χ0) is 13.9. The fourth-order valence-electron chi connectivity index (χ4n) is 1.67. The first kappa shape index (κ1) is 14.9. The SMILES string of the molecule is Cc1cc(C)nc(SC(C)CC(C)(N)C(N)=O)n1. The molecule has 2 atom stereocenters. The maximum absolute atomic E-state index is 11.2. The minimum absolute atomic E-state index is 0.119. The van der Waals surface area contributed by atoms with Crippen molar-refractivity contribution in [3.8, 4) is 0 Å². The summed E-state index contributed by atoms with van der Waals surface area (Å²) in [6.45, 7) is 7.49. The fourth-order valence-corrected chi connectivity index (χ4v) is 2.85. The van der Waals surface area contributed by atoms with Gasteiger partial charge in [-0.15, -0.1) is 0 Å². The predicted molar refractivity (Wildman–Crippen MR) is 73.2 cm³/mol. The molecule has 1 aromatic rings. The first-order valence-corrected chi connectivity index (χ1v) is 6.66.